The Labute approximate surface area is 147 Å². The number of H-pyrrole nitrogens is 1. The van der Waals surface area contributed by atoms with E-state index in [2.05, 4.69) is 20.3 Å². The maximum absolute atomic E-state index is 12.4. The molecule has 0 aliphatic heterocycles. The van der Waals surface area contributed by atoms with Gasteiger partial charge in [0.15, 0.2) is 11.0 Å². The summed E-state index contributed by atoms with van der Waals surface area (Å²) in [5.41, 5.74) is 1.87. The van der Waals surface area contributed by atoms with Gasteiger partial charge < -0.3 is 15.4 Å². The molecule has 3 aromatic rings. The number of fused-ring (bicyclic) bond motifs is 1. The molecule has 0 saturated heterocycles. The number of thiazole rings is 1. The van der Waals surface area contributed by atoms with Crippen LogP contribution in [0.1, 0.15) is 13.8 Å². The van der Waals surface area contributed by atoms with Crippen molar-refractivity contribution in [3.8, 4) is 11.5 Å². The molecule has 1 aliphatic rings. The normalized spacial score (nSPS) is 21.2. The van der Waals surface area contributed by atoms with Crippen molar-refractivity contribution >= 4 is 39.4 Å². The molecule has 2 heterocycles. The molecule has 128 valence electrons. The summed E-state index contributed by atoms with van der Waals surface area (Å²) in [5.74, 6) is -1.80. The van der Waals surface area contributed by atoms with E-state index in [1.165, 1.54) is 11.3 Å². The highest BCUT2D eigenvalue weighted by Gasteiger charge is 2.66. The van der Waals surface area contributed by atoms with E-state index in [-0.39, 0.29) is 5.91 Å². The number of anilines is 1. The average molecular weight is 356 g/mol. The Morgan fingerprint density at radius 1 is 1.24 bits per heavy atom. The SMILES string of the molecule is CC1(C)[C@H](C(=O)O)[C@@H]1C(=O)Nc1nc(-c2nc3ccccc3[nH]2)cs1. The minimum atomic E-state index is -0.938. The van der Waals surface area contributed by atoms with Crippen LogP contribution in [0.4, 0.5) is 5.13 Å². The van der Waals surface area contributed by atoms with Crippen LogP contribution in [-0.4, -0.2) is 31.9 Å². The first-order valence-corrected chi connectivity index (χ1v) is 8.70. The van der Waals surface area contributed by atoms with Gasteiger partial charge in [-0.05, 0) is 17.5 Å². The molecule has 1 saturated carbocycles. The minimum absolute atomic E-state index is 0.303. The number of amides is 1. The molecular weight excluding hydrogens is 340 g/mol. The van der Waals surface area contributed by atoms with E-state index < -0.39 is 23.2 Å². The van der Waals surface area contributed by atoms with Crippen molar-refractivity contribution in [2.45, 2.75) is 13.8 Å². The number of carboxylic acid groups (broad SMARTS) is 1. The third-order valence-corrected chi connectivity index (χ3v) is 5.50. The fraction of sp³-hybridized carbons (Fsp3) is 0.294. The maximum atomic E-state index is 12.4. The van der Waals surface area contributed by atoms with Crippen molar-refractivity contribution in [3.05, 3.63) is 29.6 Å². The lowest BCUT2D eigenvalue weighted by Crippen LogP contribution is -2.17. The zero-order valence-corrected chi connectivity index (χ0v) is 14.4. The van der Waals surface area contributed by atoms with E-state index in [1.54, 1.807) is 19.2 Å². The van der Waals surface area contributed by atoms with Gasteiger partial charge >= 0.3 is 5.97 Å². The van der Waals surface area contributed by atoms with Crippen molar-refractivity contribution < 1.29 is 14.7 Å². The number of carboxylic acids is 1. The van der Waals surface area contributed by atoms with Crippen LogP contribution < -0.4 is 5.32 Å². The Morgan fingerprint density at radius 2 is 2.00 bits per heavy atom. The number of hydrogen-bond donors (Lipinski definition) is 3. The third-order valence-electron chi connectivity index (χ3n) is 4.74. The topological polar surface area (TPSA) is 108 Å². The van der Waals surface area contributed by atoms with Crippen LogP contribution in [0.3, 0.4) is 0 Å². The predicted molar refractivity (Wildman–Crippen MR) is 94.2 cm³/mol. The number of carbonyl (C=O) groups is 2. The molecule has 1 amide bonds. The number of aromatic amines is 1. The number of benzene rings is 1. The molecule has 25 heavy (non-hydrogen) atoms. The second-order valence-corrected chi connectivity index (χ2v) is 7.60. The Hall–Kier alpha value is -2.74. The molecule has 0 spiro atoms. The van der Waals surface area contributed by atoms with E-state index in [1.807, 2.05) is 24.3 Å². The molecule has 3 N–H and O–H groups in total. The van der Waals surface area contributed by atoms with E-state index in [4.69, 9.17) is 0 Å². The maximum Gasteiger partial charge on any atom is 0.307 e. The number of aromatic nitrogens is 3. The summed E-state index contributed by atoms with van der Waals surface area (Å²) in [6, 6.07) is 7.68. The summed E-state index contributed by atoms with van der Waals surface area (Å²) in [6.07, 6.45) is 0. The number of hydrogen-bond acceptors (Lipinski definition) is 5. The summed E-state index contributed by atoms with van der Waals surface area (Å²) in [4.78, 5) is 35.6. The van der Waals surface area contributed by atoms with Gasteiger partial charge in [-0.15, -0.1) is 11.3 Å². The number of rotatable bonds is 4. The van der Waals surface area contributed by atoms with Crippen LogP contribution in [0.15, 0.2) is 29.6 Å². The molecular formula is C17H16N4O3S. The highest BCUT2D eigenvalue weighted by molar-refractivity contribution is 7.14. The average Bonchev–Trinajstić information content (AvgIpc) is 2.93. The second-order valence-electron chi connectivity index (χ2n) is 6.74. The smallest absolute Gasteiger partial charge is 0.307 e. The first kappa shape index (κ1) is 15.8. The molecule has 1 aliphatic carbocycles. The number of aliphatic carboxylic acids is 1. The third kappa shape index (κ3) is 2.58. The molecule has 0 unspecified atom stereocenters. The lowest BCUT2D eigenvalue weighted by molar-refractivity contribution is -0.140. The summed E-state index contributed by atoms with van der Waals surface area (Å²) in [5, 5.41) is 14.2. The molecule has 1 fully saturated rings. The first-order chi connectivity index (χ1) is 11.9. The number of nitrogens with zero attached hydrogens (tertiary/aromatic N) is 2. The zero-order valence-electron chi connectivity index (χ0n) is 13.6. The van der Waals surface area contributed by atoms with Gasteiger partial charge in [-0.1, -0.05) is 26.0 Å². The summed E-state index contributed by atoms with van der Waals surface area (Å²) < 4.78 is 0. The van der Waals surface area contributed by atoms with Gasteiger partial charge in [0.1, 0.15) is 5.69 Å². The van der Waals surface area contributed by atoms with Gasteiger partial charge in [-0.25, -0.2) is 9.97 Å². The van der Waals surface area contributed by atoms with Gasteiger partial charge in [0.25, 0.3) is 0 Å². The summed E-state index contributed by atoms with van der Waals surface area (Å²) >= 11 is 1.29. The van der Waals surface area contributed by atoms with Gasteiger partial charge in [-0.3, -0.25) is 9.59 Å². The van der Waals surface area contributed by atoms with Gasteiger partial charge in [0.2, 0.25) is 5.91 Å². The second kappa shape index (κ2) is 5.38. The molecule has 8 heteroatoms. The Bertz CT molecular complexity index is 958. The fourth-order valence-electron chi connectivity index (χ4n) is 3.29. The van der Waals surface area contributed by atoms with E-state index in [0.717, 1.165) is 11.0 Å². The van der Waals surface area contributed by atoms with E-state index in [9.17, 15) is 14.7 Å². The van der Waals surface area contributed by atoms with Crippen molar-refractivity contribution in [2.24, 2.45) is 17.3 Å². The molecule has 1 aromatic carbocycles. The Morgan fingerprint density at radius 3 is 2.68 bits per heavy atom. The van der Waals surface area contributed by atoms with Crippen LogP contribution in [-0.2, 0) is 9.59 Å². The van der Waals surface area contributed by atoms with Crippen molar-refractivity contribution in [2.75, 3.05) is 5.32 Å². The van der Waals surface area contributed by atoms with Gasteiger partial charge in [0, 0.05) is 5.38 Å². The fourth-order valence-corrected chi connectivity index (χ4v) is 3.98. The van der Waals surface area contributed by atoms with Crippen molar-refractivity contribution in [1.82, 2.24) is 15.0 Å². The molecule has 7 nitrogen and oxygen atoms in total. The predicted octanol–water partition coefficient (Wildman–Crippen LogP) is 2.98. The number of para-hydroxylation sites is 2. The molecule has 2 atom stereocenters. The summed E-state index contributed by atoms with van der Waals surface area (Å²) in [7, 11) is 0. The largest absolute Gasteiger partial charge is 0.481 e. The monoisotopic (exact) mass is 356 g/mol. The molecule has 2 aromatic heterocycles. The Kier molecular flexibility index (Phi) is 3.40. The quantitative estimate of drug-likeness (QED) is 0.666. The Balaban J connectivity index is 1.52. The number of carbonyl (C=O) groups excluding carboxylic acids is 1. The van der Waals surface area contributed by atoms with Gasteiger partial charge in [0.05, 0.1) is 22.9 Å². The standard InChI is InChI=1S/C17H16N4O3S/c1-17(2)11(12(17)15(23)24)14(22)21-16-20-10(7-25-16)13-18-8-5-3-4-6-9(8)19-13/h3-7,11-12H,1-2H3,(H,18,19)(H,23,24)(H,20,21,22)/t11-,12+/m1/s1. The van der Waals surface area contributed by atoms with Crippen LogP contribution in [0.25, 0.3) is 22.6 Å². The lowest BCUT2D eigenvalue weighted by atomic mass is 10.1. The number of imidazole rings is 1. The van der Waals surface area contributed by atoms with Gasteiger partial charge in [-0.2, -0.15) is 0 Å². The van der Waals surface area contributed by atoms with Crippen molar-refractivity contribution in [3.63, 3.8) is 0 Å². The van der Waals surface area contributed by atoms with Crippen LogP contribution >= 0.6 is 11.3 Å². The highest BCUT2D eigenvalue weighted by Crippen LogP contribution is 2.58. The molecule has 4 rings (SSSR count). The summed E-state index contributed by atoms with van der Waals surface area (Å²) in [6.45, 7) is 3.58. The van der Waals surface area contributed by atoms with Crippen LogP contribution in [0.2, 0.25) is 0 Å². The molecule has 0 bridgehead atoms. The van der Waals surface area contributed by atoms with Crippen molar-refractivity contribution in [1.29, 1.82) is 0 Å². The first-order valence-electron chi connectivity index (χ1n) is 7.82. The number of nitrogens with one attached hydrogen (secondary N) is 2. The lowest BCUT2D eigenvalue weighted by Gasteiger charge is -2.02. The molecule has 0 radical (unpaired) electrons. The van der Waals surface area contributed by atoms with Crippen LogP contribution in [0.5, 0.6) is 0 Å². The zero-order chi connectivity index (χ0) is 17.8. The van der Waals surface area contributed by atoms with Crippen LogP contribution in [0, 0.1) is 17.3 Å². The van der Waals surface area contributed by atoms with E-state index in [0.29, 0.717) is 16.6 Å². The van der Waals surface area contributed by atoms with E-state index >= 15 is 0 Å². The highest BCUT2D eigenvalue weighted by atomic mass is 32.1. The minimum Gasteiger partial charge on any atom is -0.481 e.